The molecule has 1 fully saturated rings. The van der Waals surface area contributed by atoms with Crippen molar-refractivity contribution in [3.05, 3.63) is 12.2 Å². The van der Waals surface area contributed by atoms with Crippen LogP contribution in [0, 0.1) is 5.41 Å². The maximum absolute atomic E-state index is 11.5. The van der Waals surface area contributed by atoms with Gasteiger partial charge in [0.1, 0.15) is 5.78 Å². The second kappa shape index (κ2) is 2.47. The number of hydrogen-bond acceptors (Lipinski definition) is 1. The van der Waals surface area contributed by atoms with E-state index in [9.17, 15) is 4.79 Å². The van der Waals surface area contributed by atoms with Gasteiger partial charge in [-0.3, -0.25) is 4.79 Å². The molecule has 0 heterocycles. The van der Waals surface area contributed by atoms with E-state index in [1.54, 1.807) is 0 Å². The molecule has 1 nitrogen and oxygen atoms in total. The maximum atomic E-state index is 11.5. The van der Waals surface area contributed by atoms with E-state index in [0.29, 0.717) is 5.78 Å². The van der Waals surface area contributed by atoms with Gasteiger partial charge >= 0.3 is 0 Å². The summed E-state index contributed by atoms with van der Waals surface area (Å²) in [5.74, 6) is 0.529. The highest BCUT2D eigenvalue weighted by molar-refractivity contribution is 5.87. The number of rotatable bonds is 0. The number of allylic oxidation sites excluding steroid dienone is 2. The molecule has 1 spiro atoms. The van der Waals surface area contributed by atoms with E-state index in [-0.39, 0.29) is 5.41 Å². The standard InChI is InChI=1S/C10H14O/c11-9-5-4-8-10(9)6-2-1-3-7-10/h1-2H,3-8H2. The molecule has 0 radical (unpaired) electrons. The van der Waals surface area contributed by atoms with Crippen molar-refractivity contribution in [3.63, 3.8) is 0 Å². The van der Waals surface area contributed by atoms with Gasteiger partial charge in [0.05, 0.1) is 0 Å². The van der Waals surface area contributed by atoms with Crippen molar-refractivity contribution in [2.45, 2.75) is 38.5 Å². The average Bonchev–Trinajstić information content (AvgIpc) is 2.36. The minimum absolute atomic E-state index is 0.106. The maximum Gasteiger partial charge on any atom is 0.139 e. The van der Waals surface area contributed by atoms with Crippen molar-refractivity contribution in [1.82, 2.24) is 0 Å². The molecule has 2 aliphatic rings. The van der Waals surface area contributed by atoms with Crippen molar-refractivity contribution >= 4 is 5.78 Å². The van der Waals surface area contributed by atoms with Gasteiger partial charge in [-0.2, -0.15) is 0 Å². The zero-order valence-electron chi connectivity index (χ0n) is 6.81. The van der Waals surface area contributed by atoms with Gasteiger partial charge < -0.3 is 0 Å². The predicted octanol–water partition coefficient (Wildman–Crippen LogP) is 2.47. The lowest BCUT2D eigenvalue weighted by Crippen LogP contribution is -2.26. The van der Waals surface area contributed by atoms with Crippen LogP contribution in [0.3, 0.4) is 0 Å². The molecule has 0 saturated heterocycles. The minimum atomic E-state index is 0.106. The van der Waals surface area contributed by atoms with Crippen LogP contribution in [0.5, 0.6) is 0 Å². The summed E-state index contributed by atoms with van der Waals surface area (Å²) in [6.07, 6.45) is 10.8. The van der Waals surface area contributed by atoms with E-state index in [1.807, 2.05) is 0 Å². The highest BCUT2D eigenvalue weighted by Gasteiger charge is 2.40. The van der Waals surface area contributed by atoms with Crippen LogP contribution in [0.1, 0.15) is 38.5 Å². The molecule has 0 aromatic carbocycles. The minimum Gasteiger partial charge on any atom is -0.299 e. The summed E-state index contributed by atoms with van der Waals surface area (Å²) >= 11 is 0. The van der Waals surface area contributed by atoms with Crippen LogP contribution in [0.15, 0.2) is 12.2 Å². The summed E-state index contributed by atoms with van der Waals surface area (Å²) in [6.45, 7) is 0. The van der Waals surface area contributed by atoms with Gasteiger partial charge in [0.15, 0.2) is 0 Å². The molecule has 0 N–H and O–H groups in total. The highest BCUT2D eigenvalue weighted by Crippen LogP contribution is 2.44. The first-order chi connectivity index (χ1) is 5.33. The molecule has 1 saturated carbocycles. The number of hydrogen-bond donors (Lipinski definition) is 0. The van der Waals surface area contributed by atoms with E-state index in [4.69, 9.17) is 0 Å². The molecule has 2 aliphatic carbocycles. The van der Waals surface area contributed by atoms with Gasteiger partial charge in [-0.15, -0.1) is 0 Å². The van der Waals surface area contributed by atoms with Gasteiger partial charge in [-0.1, -0.05) is 12.2 Å². The normalized spacial score (nSPS) is 36.9. The van der Waals surface area contributed by atoms with Crippen LogP contribution in [0.25, 0.3) is 0 Å². The van der Waals surface area contributed by atoms with E-state index >= 15 is 0 Å². The zero-order valence-corrected chi connectivity index (χ0v) is 6.81. The van der Waals surface area contributed by atoms with Crippen molar-refractivity contribution < 1.29 is 4.79 Å². The second-order valence-corrected chi connectivity index (χ2v) is 3.77. The first-order valence-corrected chi connectivity index (χ1v) is 4.52. The Hall–Kier alpha value is -0.590. The van der Waals surface area contributed by atoms with E-state index in [1.165, 1.54) is 0 Å². The van der Waals surface area contributed by atoms with Gasteiger partial charge in [-0.05, 0) is 32.1 Å². The molecule has 1 unspecified atom stereocenters. The summed E-state index contributed by atoms with van der Waals surface area (Å²) in [5.41, 5.74) is 0.106. The Bertz CT molecular complexity index is 205. The molecule has 2 rings (SSSR count). The van der Waals surface area contributed by atoms with E-state index in [2.05, 4.69) is 12.2 Å². The van der Waals surface area contributed by atoms with Gasteiger partial charge in [0.2, 0.25) is 0 Å². The largest absolute Gasteiger partial charge is 0.299 e. The predicted molar refractivity (Wildman–Crippen MR) is 44.3 cm³/mol. The Balaban J connectivity index is 2.20. The van der Waals surface area contributed by atoms with Gasteiger partial charge in [0.25, 0.3) is 0 Å². The fourth-order valence-electron chi connectivity index (χ4n) is 2.36. The van der Waals surface area contributed by atoms with Crippen LogP contribution in [-0.2, 0) is 4.79 Å². The molecule has 0 amide bonds. The summed E-state index contributed by atoms with van der Waals surface area (Å²) < 4.78 is 0. The van der Waals surface area contributed by atoms with Crippen molar-refractivity contribution in [3.8, 4) is 0 Å². The molecule has 0 aliphatic heterocycles. The Labute approximate surface area is 67.5 Å². The number of carbonyl (C=O) groups excluding carboxylic acids is 1. The van der Waals surface area contributed by atoms with E-state index < -0.39 is 0 Å². The molecule has 60 valence electrons. The van der Waals surface area contributed by atoms with Crippen molar-refractivity contribution in [1.29, 1.82) is 0 Å². The molecule has 0 bridgehead atoms. The first-order valence-electron chi connectivity index (χ1n) is 4.52. The van der Waals surface area contributed by atoms with Gasteiger partial charge in [0, 0.05) is 11.8 Å². The van der Waals surface area contributed by atoms with Gasteiger partial charge in [-0.25, -0.2) is 0 Å². The molecular formula is C10H14O. The lowest BCUT2D eigenvalue weighted by atomic mass is 9.75. The Kier molecular flexibility index (Phi) is 1.59. The molecular weight excluding hydrogens is 136 g/mol. The van der Waals surface area contributed by atoms with E-state index in [0.717, 1.165) is 38.5 Å². The zero-order chi connectivity index (χ0) is 7.73. The fourth-order valence-corrected chi connectivity index (χ4v) is 2.36. The Morgan fingerprint density at radius 1 is 1.27 bits per heavy atom. The monoisotopic (exact) mass is 150 g/mol. The SMILES string of the molecule is O=C1CCCC12CC=CCC2. The average molecular weight is 150 g/mol. The third kappa shape index (κ3) is 1.03. The first kappa shape index (κ1) is 7.08. The quantitative estimate of drug-likeness (QED) is 0.485. The van der Waals surface area contributed by atoms with Crippen LogP contribution in [0.4, 0.5) is 0 Å². The Morgan fingerprint density at radius 2 is 2.18 bits per heavy atom. The molecule has 0 aromatic rings. The van der Waals surface area contributed by atoms with Crippen LogP contribution in [0.2, 0.25) is 0 Å². The Morgan fingerprint density at radius 3 is 2.73 bits per heavy atom. The number of carbonyl (C=O) groups is 1. The van der Waals surface area contributed by atoms with Crippen molar-refractivity contribution in [2.24, 2.45) is 5.41 Å². The van der Waals surface area contributed by atoms with Crippen LogP contribution in [-0.4, -0.2) is 5.78 Å². The summed E-state index contributed by atoms with van der Waals surface area (Å²) in [7, 11) is 0. The molecule has 11 heavy (non-hydrogen) atoms. The molecule has 1 heteroatoms. The molecule has 1 atom stereocenters. The smallest absolute Gasteiger partial charge is 0.139 e. The highest BCUT2D eigenvalue weighted by atomic mass is 16.1. The second-order valence-electron chi connectivity index (χ2n) is 3.77. The number of ketones is 1. The third-order valence-electron chi connectivity index (χ3n) is 3.12. The lowest BCUT2D eigenvalue weighted by Gasteiger charge is -2.27. The van der Waals surface area contributed by atoms with Crippen molar-refractivity contribution in [2.75, 3.05) is 0 Å². The summed E-state index contributed by atoms with van der Waals surface area (Å²) in [5, 5.41) is 0. The van der Waals surface area contributed by atoms with Crippen LogP contribution >= 0.6 is 0 Å². The summed E-state index contributed by atoms with van der Waals surface area (Å²) in [4.78, 5) is 11.5. The lowest BCUT2D eigenvalue weighted by molar-refractivity contribution is -0.126. The molecule has 0 aromatic heterocycles. The third-order valence-corrected chi connectivity index (χ3v) is 3.12. The summed E-state index contributed by atoms with van der Waals surface area (Å²) in [6, 6.07) is 0. The topological polar surface area (TPSA) is 17.1 Å². The number of Topliss-reactive ketones (excluding diaryl/α,β-unsaturated/α-hetero) is 1. The van der Waals surface area contributed by atoms with Crippen LogP contribution < -0.4 is 0 Å². The fraction of sp³-hybridized carbons (Fsp3) is 0.700.